The van der Waals surface area contributed by atoms with Gasteiger partial charge in [-0.3, -0.25) is 4.31 Å². The highest BCUT2D eigenvalue weighted by atomic mass is 32.2. The lowest BCUT2D eigenvalue weighted by molar-refractivity contribution is 0.594. The molecule has 0 unspecified atom stereocenters. The predicted octanol–water partition coefficient (Wildman–Crippen LogP) is 4.73. The van der Waals surface area contributed by atoms with Crippen LogP contribution in [0.3, 0.4) is 0 Å². The van der Waals surface area contributed by atoms with Crippen LogP contribution < -0.4 is 4.31 Å². The quantitative estimate of drug-likeness (QED) is 0.655. The van der Waals surface area contributed by atoms with Crippen molar-refractivity contribution < 1.29 is 8.42 Å². The number of aryl methyl sites for hydroxylation is 2. The fourth-order valence-corrected chi connectivity index (χ4v) is 5.08. The average molecular weight is 383 g/mol. The molecular formula is C20H18N2O2S2. The maximum atomic E-state index is 12.9. The van der Waals surface area contributed by atoms with Gasteiger partial charge in [-0.05, 0) is 54.8 Å². The minimum Gasteiger partial charge on any atom is -0.269 e. The van der Waals surface area contributed by atoms with Gasteiger partial charge in [-0.15, -0.1) is 11.3 Å². The minimum absolute atomic E-state index is 0.311. The normalized spacial score (nSPS) is 11.2. The number of sulfonamides is 1. The largest absolute Gasteiger partial charge is 0.269 e. The molecule has 3 aromatic rings. The lowest BCUT2D eigenvalue weighted by atomic mass is 10.0. The zero-order valence-corrected chi connectivity index (χ0v) is 16.4. The number of rotatable bonds is 4. The van der Waals surface area contributed by atoms with Crippen LogP contribution in [0.1, 0.15) is 16.0 Å². The molecule has 1 heterocycles. The number of hydrogen-bond acceptors (Lipinski definition) is 4. The lowest BCUT2D eigenvalue weighted by Gasteiger charge is -2.21. The van der Waals surface area contributed by atoms with Gasteiger partial charge in [0.05, 0.1) is 22.2 Å². The van der Waals surface area contributed by atoms with Gasteiger partial charge in [-0.25, -0.2) is 8.42 Å². The molecule has 2 aromatic carbocycles. The Morgan fingerprint density at radius 2 is 1.65 bits per heavy atom. The van der Waals surface area contributed by atoms with E-state index in [2.05, 4.69) is 6.07 Å². The fraction of sp³-hybridized carbons (Fsp3) is 0.150. The second kappa shape index (κ2) is 6.94. The van der Waals surface area contributed by atoms with Crippen molar-refractivity contribution in [2.24, 2.45) is 0 Å². The molecule has 0 aliphatic heterocycles. The summed E-state index contributed by atoms with van der Waals surface area (Å²) in [6, 6.07) is 16.8. The van der Waals surface area contributed by atoms with Crippen LogP contribution in [0, 0.1) is 25.2 Å². The van der Waals surface area contributed by atoms with Crippen molar-refractivity contribution in [2.45, 2.75) is 18.7 Å². The number of nitrogens with zero attached hydrogens (tertiary/aromatic N) is 2. The molecule has 132 valence electrons. The van der Waals surface area contributed by atoms with Crippen molar-refractivity contribution in [3.63, 3.8) is 0 Å². The first-order valence-electron chi connectivity index (χ1n) is 7.98. The summed E-state index contributed by atoms with van der Waals surface area (Å²) in [4.78, 5) is 1.27. The van der Waals surface area contributed by atoms with Crippen LogP contribution in [0.4, 0.5) is 5.69 Å². The van der Waals surface area contributed by atoms with Crippen molar-refractivity contribution >= 4 is 27.0 Å². The second-order valence-corrected chi connectivity index (χ2v) is 9.14. The van der Waals surface area contributed by atoms with Gasteiger partial charge in [0.15, 0.2) is 0 Å². The van der Waals surface area contributed by atoms with E-state index in [0.717, 1.165) is 21.6 Å². The Morgan fingerprint density at radius 3 is 2.23 bits per heavy atom. The van der Waals surface area contributed by atoms with Crippen molar-refractivity contribution in [1.29, 1.82) is 5.26 Å². The SMILES string of the molecule is Cc1cc(S(=O)(=O)N(C)c2cc(-c3ccc(C#N)cc3)ccc2C)cs1. The topological polar surface area (TPSA) is 61.2 Å². The van der Waals surface area contributed by atoms with Crippen molar-refractivity contribution in [2.75, 3.05) is 11.4 Å². The highest BCUT2D eigenvalue weighted by Crippen LogP contribution is 2.31. The Bertz CT molecular complexity index is 1090. The highest BCUT2D eigenvalue weighted by molar-refractivity contribution is 7.93. The molecular weight excluding hydrogens is 364 g/mol. The molecule has 0 fully saturated rings. The van der Waals surface area contributed by atoms with Crippen LogP contribution in [0.5, 0.6) is 0 Å². The summed E-state index contributed by atoms with van der Waals surface area (Å²) in [7, 11) is -2.03. The number of hydrogen-bond donors (Lipinski definition) is 0. The molecule has 4 nitrogen and oxygen atoms in total. The van der Waals surface area contributed by atoms with E-state index in [-0.39, 0.29) is 0 Å². The third-order valence-corrected chi connectivity index (χ3v) is 7.02. The van der Waals surface area contributed by atoms with Crippen LogP contribution in [0.2, 0.25) is 0 Å². The number of anilines is 1. The minimum atomic E-state index is -3.60. The molecule has 0 spiro atoms. The standard InChI is InChI=1S/C20H18N2O2S2/c1-14-4-7-18(17-8-5-16(12-21)6-9-17)11-20(14)22(3)26(23,24)19-10-15(2)25-13-19/h4-11,13H,1-3H3. The van der Waals surface area contributed by atoms with E-state index in [0.29, 0.717) is 16.1 Å². The first-order valence-corrected chi connectivity index (χ1v) is 10.3. The monoisotopic (exact) mass is 382 g/mol. The van der Waals surface area contributed by atoms with Crippen LogP contribution >= 0.6 is 11.3 Å². The Balaban J connectivity index is 2.03. The summed E-state index contributed by atoms with van der Waals surface area (Å²) < 4.78 is 27.2. The Hall–Kier alpha value is -2.62. The van der Waals surface area contributed by atoms with Gasteiger partial charge in [-0.1, -0.05) is 24.3 Å². The Morgan fingerprint density at radius 1 is 1.00 bits per heavy atom. The van der Waals surface area contributed by atoms with E-state index in [4.69, 9.17) is 5.26 Å². The first-order chi connectivity index (χ1) is 12.3. The molecule has 0 aliphatic carbocycles. The van der Waals surface area contributed by atoms with E-state index < -0.39 is 10.0 Å². The summed E-state index contributed by atoms with van der Waals surface area (Å²) in [5.41, 5.74) is 3.94. The fourth-order valence-electron chi connectivity index (χ4n) is 2.71. The number of thiophene rings is 1. The molecule has 0 atom stereocenters. The second-order valence-electron chi connectivity index (χ2n) is 6.06. The van der Waals surface area contributed by atoms with Gasteiger partial charge in [0.1, 0.15) is 0 Å². The summed E-state index contributed by atoms with van der Waals surface area (Å²) in [5.74, 6) is 0. The van der Waals surface area contributed by atoms with Gasteiger partial charge >= 0.3 is 0 Å². The summed E-state index contributed by atoms with van der Waals surface area (Å²) in [6.45, 7) is 3.78. The van der Waals surface area contributed by atoms with Crippen LogP contribution in [0.25, 0.3) is 11.1 Å². The molecule has 0 N–H and O–H groups in total. The summed E-state index contributed by atoms with van der Waals surface area (Å²) in [5, 5.41) is 10.6. The Labute approximate surface area is 158 Å². The molecule has 0 saturated heterocycles. The van der Waals surface area contributed by atoms with Gasteiger partial charge in [-0.2, -0.15) is 5.26 Å². The third kappa shape index (κ3) is 3.36. The van der Waals surface area contributed by atoms with E-state index in [1.807, 2.05) is 44.2 Å². The van der Waals surface area contributed by atoms with Gasteiger partial charge in [0.25, 0.3) is 10.0 Å². The molecule has 26 heavy (non-hydrogen) atoms. The smallest absolute Gasteiger partial charge is 0.264 e. The summed E-state index contributed by atoms with van der Waals surface area (Å²) >= 11 is 1.42. The molecule has 6 heteroatoms. The van der Waals surface area contributed by atoms with Gasteiger partial charge in [0, 0.05) is 17.3 Å². The molecule has 0 aliphatic rings. The van der Waals surface area contributed by atoms with Crippen LogP contribution in [-0.2, 0) is 10.0 Å². The van der Waals surface area contributed by atoms with E-state index >= 15 is 0 Å². The van der Waals surface area contributed by atoms with Gasteiger partial charge in [0.2, 0.25) is 0 Å². The van der Waals surface area contributed by atoms with Crippen LogP contribution in [0.15, 0.2) is 58.8 Å². The van der Waals surface area contributed by atoms with Crippen molar-refractivity contribution in [3.05, 3.63) is 69.9 Å². The van der Waals surface area contributed by atoms with E-state index in [1.165, 1.54) is 15.6 Å². The Kier molecular flexibility index (Phi) is 4.86. The average Bonchev–Trinajstić information content (AvgIpc) is 3.09. The third-order valence-electron chi connectivity index (χ3n) is 4.26. The number of benzene rings is 2. The van der Waals surface area contributed by atoms with Crippen LogP contribution in [-0.4, -0.2) is 15.5 Å². The number of nitriles is 1. The van der Waals surface area contributed by atoms with Crippen molar-refractivity contribution in [1.82, 2.24) is 0 Å². The van der Waals surface area contributed by atoms with Crippen molar-refractivity contribution in [3.8, 4) is 17.2 Å². The van der Waals surface area contributed by atoms with E-state index in [1.54, 1.807) is 30.6 Å². The van der Waals surface area contributed by atoms with E-state index in [9.17, 15) is 8.42 Å². The zero-order chi connectivity index (χ0) is 18.9. The maximum absolute atomic E-state index is 12.9. The highest BCUT2D eigenvalue weighted by Gasteiger charge is 2.23. The maximum Gasteiger partial charge on any atom is 0.264 e. The molecule has 0 saturated carbocycles. The summed E-state index contributed by atoms with van der Waals surface area (Å²) in [6.07, 6.45) is 0. The predicted molar refractivity (Wildman–Crippen MR) is 106 cm³/mol. The molecule has 0 radical (unpaired) electrons. The molecule has 0 bridgehead atoms. The lowest BCUT2D eigenvalue weighted by Crippen LogP contribution is -2.26. The van der Waals surface area contributed by atoms with Gasteiger partial charge < -0.3 is 0 Å². The molecule has 1 aromatic heterocycles. The molecule has 3 rings (SSSR count). The molecule has 0 amide bonds. The zero-order valence-electron chi connectivity index (χ0n) is 14.7. The first kappa shape index (κ1) is 18.2.